The maximum absolute atomic E-state index is 12.2. The van der Waals surface area contributed by atoms with Crippen molar-refractivity contribution in [1.29, 1.82) is 0 Å². The van der Waals surface area contributed by atoms with Crippen LogP contribution in [-0.4, -0.2) is 43.1 Å². The molecule has 0 aliphatic carbocycles. The maximum Gasteiger partial charge on any atom is 0.241 e. The zero-order valence-corrected chi connectivity index (χ0v) is 17.8. The minimum atomic E-state index is -0.547. The summed E-state index contributed by atoms with van der Waals surface area (Å²) in [6.07, 6.45) is 2.59. The van der Waals surface area contributed by atoms with Crippen LogP contribution < -0.4 is 15.8 Å². The van der Waals surface area contributed by atoms with Crippen LogP contribution in [0.5, 0.6) is 5.75 Å². The number of nitrogens with one attached hydrogen (secondary N) is 1. The number of aryl methyl sites for hydroxylation is 1. The van der Waals surface area contributed by atoms with Crippen LogP contribution in [0.4, 0.5) is 5.69 Å². The lowest BCUT2D eigenvalue weighted by Gasteiger charge is -2.26. The molecule has 0 aromatic heterocycles. The first-order valence-electron chi connectivity index (χ1n) is 8.79. The van der Waals surface area contributed by atoms with E-state index >= 15 is 0 Å². The molecule has 1 aliphatic rings. The summed E-state index contributed by atoms with van der Waals surface area (Å²) in [6, 6.07) is 5.16. The first-order chi connectivity index (χ1) is 11.3. The molecule has 26 heavy (non-hydrogen) atoms. The minimum Gasteiger partial charge on any atom is -0.492 e. The zero-order chi connectivity index (χ0) is 17.7. The fourth-order valence-electron chi connectivity index (χ4n) is 2.79. The summed E-state index contributed by atoms with van der Waals surface area (Å²) in [4.78, 5) is 14.6. The van der Waals surface area contributed by atoms with E-state index in [9.17, 15) is 4.79 Å². The standard InChI is InChI=1S/C19H31N3O2.2ClH/c1-14-13-15(21-18(23)17(20)19(2,3)4)7-8-16(14)24-12-11-22-9-5-6-10-22;;/h7-8,13,17H,5-6,9-12,20H2,1-4H3,(H,21,23);2*1H/t17-;;/m1../s1. The molecule has 1 aliphatic heterocycles. The highest BCUT2D eigenvalue weighted by atomic mass is 35.5. The van der Waals surface area contributed by atoms with E-state index in [2.05, 4.69) is 10.2 Å². The molecule has 3 N–H and O–H groups in total. The van der Waals surface area contributed by atoms with Gasteiger partial charge in [-0.2, -0.15) is 0 Å². The molecule has 1 amide bonds. The van der Waals surface area contributed by atoms with Gasteiger partial charge in [0.25, 0.3) is 0 Å². The van der Waals surface area contributed by atoms with E-state index in [0.717, 1.165) is 23.5 Å². The summed E-state index contributed by atoms with van der Waals surface area (Å²) >= 11 is 0. The van der Waals surface area contributed by atoms with E-state index < -0.39 is 6.04 Å². The first kappa shape index (κ1) is 25.0. The van der Waals surface area contributed by atoms with Gasteiger partial charge in [0.1, 0.15) is 12.4 Å². The summed E-state index contributed by atoms with van der Waals surface area (Å²) < 4.78 is 5.88. The Labute approximate surface area is 169 Å². The van der Waals surface area contributed by atoms with Crippen molar-refractivity contribution >= 4 is 36.4 Å². The largest absolute Gasteiger partial charge is 0.492 e. The predicted molar refractivity (Wildman–Crippen MR) is 113 cm³/mol. The van der Waals surface area contributed by atoms with Crippen molar-refractivity contribution in [2.75, 3.05) is 31.6 Å². The highest BCUT2D eigenvalue weighted by molar-refractivity contribution is 5.95. The second-order valence-electron chi connectivity index (χ2n) is 7.71. The highest BCUT2D eigenvalue weighted by Crippen LogP contribution is 2.24. The average molecular weight is 406 g/mol. The van der Waals surface area contributed by atoms with Crippen molar-refractivity contribution < 1.29 is 9.53 Å². The number of amides is 1. The Kier molecular flexibility index (Phi) is 10.5. The van der Waals surface area contributed by atoms with Crippen molar-refractivity contribution in [2.45, 2.75) is 46.6 Å². The molecule has 1 fully saturated rings. The number of ether oxygens (including phenoxy) is 1. The number of hydrogen-bond donors (Lipinski definition) is 2. The number of benzene rings is 1. The molecule has 0 unspecified atom stereocenters. The van der Waals surface area contributed by atoms with Gasteiger partial charge in [0.15, 0.2) is 0 Å². The summed E-state index contributed by atoms with van der Waals surface area (Å²) in [6.45, 7) is 11.9. The number of rotatable bonds is 6. The lowest BCUT2D eigenvalue weighted by atomic mass is 9.87. The third-order valence-corrected chi connectivity index (χ3v) is 4.52. The van der Waals surface area contributed by atoms with Crippen LogP contribution in [0.25, 0.3) is 0 Å². The zero-order valence-electron chi connectivity index (χ0n) is 16.2. The quantitative estimate of drug-likeness (QED) is 0.757. The molecule has 2 rings (SSSR count). The molecule has 7 heteroatoms. The first-order valence-corrected chi connectivity index (χ1v) is 8.79. The van der Waals surface area contributed by atoms with Gasteiger partial charge in [-0.1, -0.05) is 20.8 Å². The SMILES string of the molecule is Cc1cc(NC(=O)[C@@H](N)C(C)(C)C)ccc1OCCN1CCCC1.Cl.Cl. The number of anilines is 1. The maximum atomic E-state index is 12.2. The van der Waals surface area contributed by atoms with E-state index in [1.165, 1.54) is 25.9 Å². The third kappa shape index (κ3) is 7.31. The molecule has 1 atom stereocenters. The van der Waals surface area contributed by atoms with Gasteiger partial charge in [0.2, 0.25) is 5.91 Å². The molecule has 1 heterocycles. The highest BCUT2D eigenvalue weighted by Gasteiger charge is 2.27. The molecule has 0 saturated carbocycles. The van der Waals surface area contributed by atoms with Crippen LogP contribution >= 0.6 is 24.8 Å². The van der Waals surface area contributed by atoms with Crippen LogP contribution in [0.1, 0.15) is 39.2 Å². The summed E-state index contributed by atoms with van der Waals surface area (Å²) in [7, 11) is 0. The lowest BCUT2D eigenvalue weighted by Crippen LogP contribution is -2.45. The van der Waals surface area contributed by atoms with Gasteiger partial charge in [-0.05, 0) is 62.0 Å². The summed E-state index contributed by atoms with van der Waals surface area (Å²) in [5.41, 5.74) is 7.49. The van der Waals surface area contributed by atoms with Gasteiger partial charge in [0, 0.05) is 12.2 Å². The van der Waals surface area contributed by atoms with E-state index in [1.807, 2.05) is 45.9 Å². The van der Waals surface area contributed by atoms with Gasteiger partial charge in [-0.15, -0.1) is 24.8 Å². The molecule has 5 nitrogen and oxygen atoms in total. The van der Waals surface area contributed by atoms with E-state index in [4.69, 9.17) is 10.5 Å². The fraction of sp³-hybridized carbons (Fsp3) is 0.632. The third-order valence-electron chi connectivity index (χ3n) is 4.52. The molecular formula is C19H33Cl2N3O2. The lowest BCUT2D eigenvalue weighted by molar-refractivity contribution is -0.119. The van der Waals surface area contributed by atoms with E-state index in [0.29, 0.717) is 6.61 Å². The van der Waals surface area contributed by atoms with Crippen molar-refractivity contribution in [3.8, 4) is 5.75 Å². The van der Waals surface area contributed by atoms with Gasteiger partial charge in [-0.25, -0.2) is 0 Å². The van der Waals surface area contributed by atoms with Gasteiger partial charge in [0.05, 0.1) is 6.04 Å². The number of halogens is 2. The Morgan fingerprint density at radius 1 is 1.27 bits per heavy atom. The van der Waals surface area contributed by atoms with Gasteiger partial charge >= 0.3 is 0 Å². The topological polar surface area (TPSA) is 67.6 Å². The normalized spacial score (nSPS) is 15.6. The minimum absolute atomic E-state index is 0. The van der Waals surface area contributed by atoms with Crippen LogP contribution in [0.3, 0.4) is 0 Å². The summed E-state index contributed by atoms with van der Waals surface area (Å²) in [5, 5.41) is 2.89. The van der Waals surface area contributed by atoms with Crippen LogP contribution in [-0.2, 0) is 4.79 Å². The van der Waals surface area contributed by atoms with Gasteiger partial charge < -0.3 is 15.8 Å². The second kappa shape index (κ2) is 11.0. The van der Waals surface area contributed by atoms with Crippen molar-refractivity contribution in [3.63, 3.8) is 0 Å². The summed E-state index contributed by atoms with van der Waals surface area (Å²) in [5.74, 6) is 0.705. The molecule has 150 valence electrons. The van der Waals surface area contributed by atoms with Crippen molar-refractivity contribution in [3.05, 3.63) is 23.8 Å². The van der Waals surface area contributed by atoms with Crippen LogP contribution in [0.15, 0.2) is 18.2 Å². The molecular weight excluding hydrogens is 373 g/mol. The van der Waals surface area contributed by atoms with E-state index in [-0.39, 0.29) is 36.1 Å². The Balaban J connectivity index is 0.00000312. The smallest absolute Gasteiger partial charge is 0.241 e. The molecule has 1 aromatic rings. The number of likely N-dealkylation sites (tertiary alicyclic amines) is 1. The Morgan fingerprint density at radius 2 is 1.88 bits per heavy atom. The van der Waals surface area contributed by atoms with Crippen LogP contribution in [0, 0.1) is 12.3 Å². The van der Waals surface area contributed by atoms with Crippen molar-refractivity contribution in [2.24, 2.45) is 11.1 Å². The Morgan fingerprint density at radius 3 is 2.42 bits per heavy atom. The van der Waals surface area contributed by atoms with Crippen LogP contribution in [0.2, 0.25) is 0 Å². The number of carbonyl (C=O) groups is 1. The number of hydrogen-bond acceptors (Lipinski definition) is 4. The molecule has 0 radical (unpaired) electrons. The molecule has 0 spiro atoms. The molecule has 0 bridgehead atoms. The fourth-order valence-corrected chi connectivity index (χ4v) is 2.79. The monoisotopic (exact) mass is 405 g/mol. The number of carbonyl (C=O) groups excluding carboxylic acids is 1. The molecule has 1 saturated heterocycles. The Bertz CT molecular complexity index is 570. The van der Waals surface area contributed by atoms with Crippen molar-refractivity contribution in [1.82, 2.24) is 4.90 Å². The number of nitrogens with zero attached hydrogens (tertiary/aromatic N) is 1. The average Bonchev–Trinajstić information content (AvgIpc) is 3.01. The second-order valence-corrected chi connectivity index (χ2v) is 7.71. The Hall–Kier alpha value is -1.01. The predicted octanol–water partition coefficient (Wildman–Crippen LogP) is 3.63. The molecule has 1 aromatic carbocycles. The van der Waals surface area contributed by atoms with Gasteiger partial charge in [-0.3, -0.25) is 9.69 Å². The number of nitrogens with two attached hydrogens (primary N) is 1. The van der Waals surface area contributed by atoms with E-state index in [1.54, 1.807) is 0 Å².